The summed E-state index contributed by atoms with van der Waals surface area (Å²) in [6, 6.07) is 14.5. The van der Waals surface area contributed by atoms with Crippen molar-refractivity contribution in [2.75, 3.05) is 5.75 Å². The van der Waals surface area contributed by atoms with Crippen LogP contribution in [-0.4, -0.2) is 32.5 Å². The molecule has 0 saturated carbocycles. The molecule has 0 bridgehead atoms. The van der Waals surface area contributed by atoms with Crippen LogP contribution in [0.2, 0.25) is 5.02 Å². The number of aryl methyl sites for hydroxylation is 1. The maximum absolute atomic E-state index is 12.0. The summed E-state index contributed by atoms with van der Waals surface area (Å²) < 4.78 is 1.73. The van der Waals surface area contributed by atoms with Crippen LogP contribution in [0, 0.1) is 6.92 Å². The molecule has 28 heavy (non-hydrogen) atoms. The minimum atomic E-state index is -0.541. The number of urea groups is 1. The number of rotatable bonds is 6. The van der Waals surface area contributed by atoms with Gasteiger partial charge in [-0.1, -0.05) is 59.8 Å². The molecule has 0 aliphatic carbocycles. The normalized spacial score (nSPS) is 10.5. The number of nitrogens with zero attached hydrogens (tertiary/aromatic N) is 3. The monoisotopic (exact) mass is 415 g/mol. The highest BCUT2D eigenvalue weighted by molar-refractivity contribution is 7.99. The summed E-state index contributed by atoms with van der Waals surface area (Å²) in [5.74, 6) is -0.399. The van der Waals surface area contributed by atoms with E-state index in [2.05, 4.69) is 20.8 Å². The second-order valence-corrected chi connectivity index (χ2v) is 7.27. The molecular weight excluding hydrogens is 398 g/mol. The van der Waals surface area contributed by atoms with Gasteiger partial charge in [0.25, 0.3) is 0 Å². The molecule has 3 amide bonds. The predicted octanol–water partition coefficient (Wildman–Crippen LogP) is 3.35. The summed E-state index contributed by atoms with van der Waals surface area (Å²) in [5.41, 5.74) is 2.71. The lowest BCUT2D eigenvalue weighted by Gasteiger charge is -2.08. The molecule has 0 spiro atoms. The summed E-state index contributed by atoms with van der Waals surface area (Å²) in [7, 11) is 0. The summed E-state index contributed by atoms with van der Waals surface area (Å²) in [6.07, 6.45) is 1.55. The number of benzene rings is 2. The van der Waals surface area contributed by atoms with Gasteiger partial charge in [0, 0.05) is 11.6 Å². The zero-order valence-corrected chi connectivity index (χ0v) is 16.6. The summed E-state index contributed by atoms with van der Waals surface area (Å²) in [5, 5.41) is 14.0. The van der Waals surface area contributed by atoms with Crippen LogP contribution in [0.4, 0.5) is 4.79 Å². The topological polar surface area (TPSA) is 88.9 Å². The first-order valence-electron chi connectivity index (χ1n) is 8.44. The quantitative estimate of drug-likeness (QED) is 0.603. The highest BCUT2D eigenvalue weighted by atomic mass is 35.5. The standard InChI is InChI=1S/C19H18ClN5O2S/c1-13-7-8-15(9-16(13)20)25-12-22-24-19(25)28-11-17(26)23-18(27)21-10-14-5-3-2-4-6-14/h2-9,12H,10-11H2,1H3,(H2,21,23,26,27). The van der Waals surface area contributed by atoms with Crippen molar-refractivity contribution < 1.29 is 9.59 Å². The first-order valence-corrected chi connectivity index (χ1v) is 9.80. The smallest absolute Gasteiger partial charge is 0.321 e. The molecule has 0 unspecified atom stereocenters. The van der Waals surface area contributed by atoms with E-state index in [1.54, 1.807) is 17.0 Å². The number of nitrogens with one attached hydrogen (secondary N) is 2. The third-order valence-corrected chi connectivity index (χ3v) is 5.18. The van der Waals surface area contributed by atoms with E-state index in [0.29, 0.717) is 16.7 Å². The molecule has 2 aromatic carbocycles. The Labute approximate surface area is 171 Å². The lowest BCUT2D eigenvalue weighted by molar-refractivity contribution is -0.117. The van der Waals surface area contributed by atoms with Crippen molar-refractivity contribution in [3.8, 4) is 5.69 Å². The molecule has 0 saturated heterocycles. The number of amides is 3. The van der Waals surface area contributed by atoms with Crippen LogP contribution >= 0.6 is 23.4 Å². The Balaban J connectivity index is 1.52. The molecule has 3 rings (SSSR count). The Morgan fingerprint density at radius 2 is 1.96 bits per heavy atom. The van der Waals surface area contributed by atoms with Crippen LogP contribution in [0.25, 0.3) is 5.69 Å². The molecule has 2 N–H and O–H groups in total. The lowest BCUT2D eigenvalue weighted by atomic mass is 10.2. The molecule has 1 heterocycles. The van der Waals surface area contributed by atoms with E-state index in [1.807, 2.05) is 49.4 Å². The molecule has 0 fully saturated rings. The Hall–Kier alpha value is -2.84. The number of thioether (sulfide) groups is 1. The van der Waals surface area contributed by atoms with E-state index < -0.39 is 11.9 Å². The fourth-order valence-electron chi connectivity index (χ4n) is 2.35. The SMILES string of the molecule is Cc1ccc(-n2cnnc2SCC(=O)NC(=O)NCc2ccccc2)cc1Cl. The number of aromatic nitrogens is 3. The average Bonchev–Trinajstić information content (AvgIpc) is 3.16. The van der Waals surface area contributed by atoms with Gasteiger partial charge in [0.05, 0.1) is 11.4 Å². The fourth-order valence-corrected chi connectivity index (χ4v) is 3.25. The largest absolute Gasteiger partial charge is 0.334 e. The molecule has 9 heteroatoms. The second kappa shape index (κ2) is 9.38. The summed E-state index contributed by atoms with van der Waals surface area (Å²) >= 11 is 7.35. The number of carbonyl (C=O) groups excluding carboxylic acids is 2. The predicted molar refractivity (Wildman–Crippen MR) is 109 cm³/mol. The molecule has 0 aliphatic heterocycles. The van der Waals surface area contributed by atoms with Crippen molar-refractivity contribution >= 4 is 35.3 Å². The van der Waals surface area contributed by atoms with Gasteiger partial charge in [-0.2, -0.15) is 0 Å². The van der Waals surface area contributed by atoms with E-state index in [9.17, 15) is 9.59 Å². The van der Waals surface area contributed by atoms with Gasteiger partial charge < -0.3 is 5.32 Å². The van der Waals surface area contributed by atoms with E-state index in [1.165, 1.54) is 11.8 Å². The molecule has 1 aromatic heterocycles. The molecule has 0 atom stereocenters. The highest BCUT2D eigenvalue weighted by Gasteiger charge is 2.13. The molecule has 3 aromatic rings. The van der Waals surface area contributed by atoms with Gasteiger partial charge in [-0.15, -0.1) is 10.2 Å². The minimum Gasteiger partial charge on any atom is -0.334 e. The Morgan fingerprint density at radius 3 is 2.71 bits per heavy atom. The zero-order chi connectivity index (χ0) is 19.9. The molecular formula is C19H18ClN5O2S. The van der Waals surface area contributed by atoms with E-state index in [4.69, 9.17) is 11.6 Å². The molecule has 144 valence electrons. The Kier molecular flexibility index (Phi) is 6.67. The van der Waals surface area contributed by atoms with Gasteiger partial charge in [0.2, 0.25) is 5.91 Å². The van der Waals surface area contributed by atoms with Crippen molar-refractivity contribution in [3.63, 3.8) is 0 Å². The van der Waals surface area contributed by atoms with Gasteiger partial charge >= 0.3 is 6.03 Å². The second-order valence-electron chi connectivity index (χ2n) is 5.92. The van der Waals surface area contributed by atoms with Gasteiger partial charge in [0.1, 0.15) is 6.33 Å². The molecule has 0 aliphatic rings. The number of hydrogen-bond donors (Lipinski definition) is 2. The fraction of sp³-hybridized carbons (Fsp3) is 0.158. The van der Waals surface area contributed by atoms with Crippen LogP contribution in [0.3, 0.4) is 0 Å². The van der Waals surface area contributed by atoms with Gasteiger partial charge in [0.15, 0.2) is 5.16 Å². The Morgan fingerprint density at radius 1 is 1.18 bits per heavy atom. The zero-order valence-electron chi connectivity index (χ0n) is 15.1. The minimum absolute atomic E-state index is 0.0248. The van der Waals surface area contributed by atoms with Gasteiger partial charge in [-0.05, 0) is 30.2 Å². The maximum atomic E-state index is 12.0. The molecule has 0 radical (unpaired) electrons. The third kappa shape index (κ3) is 5.34. The molecule has 7 nitrogen and oxygen atoms in total. The highest BCUT2D eigenvalue weighted by Crippen LogP contribution is 2.23. The van der Waals surface area contributed by atoms with Crippen LogP contribution in [0.15, 0.2) is 60.0 Å². The maximum Gasteiger partial charge on any atom is 0.321 e. The van der Waals surface area contributed by atoms with Gasteiger partial charge in [-0.3, -0.25) is 14.7 Å². The first kappa shape index (κ1) is 19.9. The number of imide groups is 1. The number of halogens is 1. The van der Waals surface area contributed by atoms with Crippen molar-refractivity contribution in [1.29, 1.82) is 0 Å². The van der Waals surface area contributed by atoms with Crippen molar-refractivity contribution in [2.45, 2.75) is 18.6 Å². The van der Waals surface area contributed by atoms with Crippen LogP contribution < -0.4 is 10.6 Å². The number of hydrogen-bond acceptors (Lipinski definition) is 5. The van der Waals surface area contributed by atoms with E-state index >= 15 is 0 Å². The first-order chi connectivity index (χ1) is 13.5. The summed E-state index contributed by atoms with van der Waals surface area (Å²) in [4.78, 5) is 23.9. The third-order valence-electron chi connectivity index (χ3n) is 3.83. The Bertz CT molecular complexity index is 977. The van der Waals surface area contributed by atoms with Crippen molar-refractivity contribution in [1.82, 2.24) is 25.4 Å². The number of carbonyl (C=O) groups is 2. The lowest BCUT2D eigenvalue weighted by Crippen LogP contribution is -2.39. The van der Waals surface area contributed by atoms with Gasteiger partial charge in [-0.25, -0.2) is 4.79 Å². The van der Waals surface area contributed by atoms with E-state index in [-0.39, 0.29) is 5.75 Å². The van der Waals surface area contributed by atoms with Crippen molar-refractivity contribution in [3.05, 3.63) is 71.0 Å². The van der Waals surface area contributed by atoms with Crippen LogP contribution in [-0.2, 0) is 11.3 Å². The van der Waals surface area contributed by atoms with Crippen molar-refractivity contribution in [2.24, 2.45) is 0 Å². The van der Waals surface area contributed by atoms with Crippen LogP contribution in [0.5, 0.6) is 0 Å². The van der Waals surface area contributed by atoms with E-state index in [0.717, 1.165) is 16.8 Å². The van der Waals surface area contributed by atoms with Crippen LogP contribution in [0.1, 0.15) is 11.1 Å². The average molecular weight is 416 g/mol. The summed E-state index contributed by atoms with van der Waals surface area (Å²) in [6.45, 7) is 2.26.